The van der Waals surface area contributed by atoms with Gasteiger partial charge in [0.25, 0.3) is 0 Å². The summed E-state index contributed by atoms with van der Waals surface area (Å²) in [5, 5.41) is 6.73. The zero-order valence-electron chi connectivity index (χ0n) is 18.7. The summed E-state index contributed by atoms with van der Waals surface area (Å²) in [6, 6.07) is 10.8. The molecule has 0 saturated heterocycles. The molecule has 4 aliphatic carbocycles. The van der Waals surface area contributed by atoms with Crippen LogP contribution in [0.1, 0.15) is 82.6 Å². The molecule has 0 N–H and O–H groups in total. The van der Waals surface area contributed by atoms with Crippen LogP contribution >= 0.6 is 0 Å². The third-order valence-corrected chi connectivity index (χ3v) is 8.47. The number of benzene rings is 1. The lowest BCUT2D eigenvalue weighted by molar-refractivity contribution is -0.0662. The highest BCUT2D eigenvalue weighted by Gasteiger charge is 2.54. The highest BCUT2D eigenvalue weighted by Crippen LogP contribution is 2.57. The van der Waals surface area contributed by atoms with Crippen molar-refractivity contribution in [2.45, 2.75) is 82.6 Å². The number of unbranched alkanes of at least 4 members (excludes halogenated alkanes) is 2. The largest absolute Gasteiger partial charge is 0.340 e. The lowest BCUT2D eigenvalue weighted by Gasteiger charge is -2.59. The second kappa shape index (κ2) is 8.01. The van der Waals surface area contributed by atoms with Crippen LogP contribution in [0.25, 0.3) is 0 Å². The Morgan fingerprint density at radius 3 is 2.30 bits per heavy atom. The Morgan fingerprint density at radius 2 is 1.70 bits per heavy atom. The van der Waals surface area contributed by atoms with Crippen molar-refractivity contribution in [3.63, 3.8) is 0 Å². The van der Waals surface area contributed by atoms with Crippen molar-refractivity contribution >= 4 is 11.7 Å². The molecule has 6 rings (SSSR count). The minimum Gasteiger partial charge on any atom is -0.321 e. The van der Waals surface area contributed by atoms with Crippen LogP contribution in [0.2, 0.25) is 0 Å². The third kappa shape index (κ3) is 3.56. The van der Waals surface area contributed by atoms with Gasteiger partial charge in [0.1, 0.15) is 0 Å². The van der Waals surface area contributed by atoms with E-state index in [0.29, 0.717) is 6.54 Å². The van der Waals surface area contributed by atoms with Gasteiger partial charge in [0.05, 0.1) is 6.54 Å². The van der Waals surface area contributed by atoms with E-state index in [1.165, 1.54) is 62.6 Å². The van der Waals surface area contributed by atoms with Gasteiger partial charge in [-0.1, -0.05) is 50.1 Å². The molecule has 0 radical (unpaired) electrons. The van der Waals surface area contributed by atoms with Crippen molar-refractivity contribution in [3.05, 3.63) is 35.9 Å². The van der Waals surface area contributed by atoms with E-state index in [4.69, 9.17) is 5.10 Å². The molecular weight excluding hydrogens is 370 g/mol. The van der Waals surface area contributed by atoms with Gasteiger partial charge in [-0.2, -0.15) is 5.10 Å². The molecule has 4 fully saturated rings. The lowest BCUT2D eigenvalue weighted by atomic mass is 9.52. The molecule has 1 aromatic rings. The molecule has 5 aliphatic rings. The van der Waals surface area contributed by atoms with Crippen molar-refractivity contribution < 1.29 is 4.79 Å². The number of hydrazone groups is 1. The fourth-order valence-electron chi connectivity index (χ4n) is 7.28. The first-order chi connectivity index (χ1) is 14.6. The van der Waals surface area contributed by atoms with E-state index in [0.717, 1.165) is 30.6 Å². The number of rotatable bonds is 6. The molecule has 1 unspecified atom stereocenters. The monoisotopic (exact) mass is 407 g/mol. The van der Waals surface area contributed by atoms with E-state index < -0.39 is 0 Å². The van der Waals surface area contributed by atoms with E-state index in [1.54, 1.807) is 5.01 Å². The summed E-state index contributed by atoms with van der Waals surface area (Å²) in [5.41, 5.74) is 2.58. The van der Waals surface area contributed by atoms with E-state index in [-0.39, 0.29) is 17.5 Å². The van der Waals surface area contributed by atoms with Crippen molar-refractivity contribution in [1.82, 2.24) is 9.91 Å². The van der Waals surface area contributed by atoms with E-state index in [2.05, 4.69) is 49.2 Å². The Bertz CT molecular complexity index is 766. The van der Waals surface area contributed by atoms with E-state index >= 15 is 0 Å². The number of amides is 2. The number of nitrogens with zero attached hydrogens (tertiary/aromatic N) is 3. The van der Waals surface area contributed by atoms with Gasteiger partial charge in [-0.25, -0.2) is 9.80 Å². The SMILES string of the molecule is CCCCCC1=NN(C(=O)N(C)C23CC4CC(CC(C4)C2)C3)CC1c1ccccc1. The van der Waals surface area contributed by atoms with Gasteiger partial charge < -0.3 is 4.90 Å². The quantitative estimate of drug-likeness (QED) is 0.529. The molecule has 4 heteroatoms. The zero-order valence-corrected chi connectivity index (χ0v) is 18.7. The first-order valence-corrected chi connectivity index (χ1v) is 12.3. The van der Waals surface area contributed by atoms with Gasteiger partial charge in [-0.3, -0.25) is 0 Å². The maximum Gasteiger partial charge on any atom is 0.340 e. The number of hydrogen-bond acceptors (Lipinski definition) is 2. The van der Waals surface area contributed by atoms with Crippen molar-refractivity contribution in [1.29, 1.82) is 0 Å². The van der Waals surface area contributed by atoms with E-state index in [1.807, 2.05) is 0 Å². The average molecular weight is 408 g/mol. The predicted molar refractivity (Wildman–Crippen MR) is 122 cm³/mol. The number of urea groups is 1. The maximum absolute atomic E-state index is 13.7. The molecule has 4 nitrogen and oxygen atoms in total. The fraction of sp³-hybridized carbons (Fsp3) is 0.692. The van der Waals surface area contributed by atoms with Gasteiger partial charge in [-0.15, -0.1) is 0 Å². The topological polar surface area (TPSA) is 35.9 Å². The maximum atomic E-state index is 13.7. The number of carbonyl (C=O) groups is 1. The van der Waals surface area contributed by atoms with Gasteiger partial charge in [0.15, 0.2) is 0 Å². The van der Waals surface area contributed by atoms with E-state index in [9.17, 15) is 4.79 Å². The predicted octanol–water partition coefficient (Wildman–Crippen LogP) is 6.04. The third-order valence-electron chi connectivity index (χ3n) is 8.47. The molecule has 4 bridgehead atoms. The molecule has 1 aromatic carbocycles. The standard InChI is InChI=1S/C26H37N3O/c1-3-4-6-11-24-23(22-9-7-5-8-10-22)18-29(27-24)25(30)28(2)26-15-19-12-20(16-26)14-21(13-19)17-26/h5,7-10,19-21,23H,3-4,6,11-18H2,1-2H3. The Morgan fingerprint density at radius 1 is 1.07 bits per heavy atom. The fourth-order valence-corrected chi connectivity index (χ4v) is 7.28. The molecular formula is C26H37N3O. The lowest BCUT2D eigenvalue weighted by Crippen LogP contribution is -2.61. The Hall–Kier alpha value is -1.84. The summed E-state index contributed by atoms with van der Waals surface area (Å²) in [4.78, 5) is 15.8. The van der Waals surface area contributed by atoms with Crippen LogP contribution in [0.3, 0.4) is 0 Å². The Kier molecular flexibility index (Phi) is 5.37. The molecule has 162 valence electrons. The molecule has 1 aliphatic heterocycles. The summed E-state index contributed by atoms with van der Waals surface area (Å²) in [5.74, 6) is 2.78. The normalized spacial score (nSPS) is 34.3. The molecule has 30 heavy (non-hydrogen) atoms. The Labute approximate surface area is 181 Å². The van der Waals surface area contributed by atoms with Crippen LogP contribution in [0.15, 0.2) is 35.4 Å². The van der Waals surface area contributed by atoms with Gasteiger partial charge in [0, 0.05) is 24.2 Å². The van der Waals surface area contributed by atoms with Crippen LogP contribution in [0.5, 0.6) is 0 Å². The first-order valence-electron chi connectivity index (χ1n) is 12.3. The van der Waals surface area contributed by atoms with Gasteiger partial charge in [0.2, 0.25) is 0 Å². The van der Waals surface area contributed by atoms with Crippen molar-refractivity contribution in [2.75, 3.05) is 13.6 Å². The molecule has 1 heterocycles. The average Bonchev–Trinajstić information content (AvgIpc) is 3.17. The van der Waals surface area contributed by atoms with Crippen LogP contribution < -0.4 is 0 Å². The minimum atomic E-state index is 0.0918. The first kappa shape index (κ1) is 20.1. The van der Waals surface area contributed by atoms with Gasteiger partial charge >= 0.3 is 6.03 Å². The summed E-state index contributed by atoms with van der Waals surface area (Å²) in [7, 11) is 2.07. The van der Waals surface area contributed by atoms with Crippen molar-refractivity contribution in [2.24, 2.45) is 22.9 Å². The van der Waals surface area contributed by atoms with Crippen LogP contribution in [0, 0.1) is 17.8 Å². The second-order valence-corrected chi connectivity index (χ2v) is 10.6. The smallest absolute Gasteiger partial charge is 0.321 e. The number of hydrogen-bond donors (Lipinski definition) is 0. The van der Waals surface area contributed by atoms with Crippen molar-refractivity contribution in [3.8, 4) is 0 Å². The molecule has 0 spiro atoms. The highest BCUT2D eigenvalue weighted by molar-refractivity contribution is 5.94. The van der Waals surface area contributed by atoms with Crippen LogP contribution in [0.4, 0.5) is 4.79 Å². The zero-order chi connectivity index (χ0) is 20.7. The summed E-state index contributed by atoms with van der Waals surface area (Å²) < 4.78 is 0. The summed E-state index contributed by atoms with van der Waals surface area (Å²) in [6.07, 6.45) is 12.4. The molecule has 2 amide bonds. The molecule has 0 aromatic heterocycles. The minimum absolute atomic E-state index is 0.0918. The summed E-state index contributed by atoms with van der Waals surface area (Å²) >= 11 is 0. The molecule has 4 saturated carbocycles. The second-order valence-electron chi connectivity index (χ2n) is 10.6. The van der Waals surface area contributed by atoms with Gasteiger partial charge in [-0.05, 0) is 74.7 Å². The van der Waals surface area contributed by atoms with Crippen LogP contribution in [-0.2, 0) is 0 Å². The molecule has 1 atom stereocenters. The Balaban J connectivity index is 1.34. The highest BCUT2D eigenvalue weighted by atomic mass is 16.2. The summed E-state index contributed by atoms with van der Waals surface area (Å²) in [6.45, 7) is 2.93. The van der Waals surface area contributed by atoms with Crippen LogP contribution in [-0.4, -0.2) is 40.8 Å². The number of carbonyl (C=O) groups excluding carboxylic acids is 1.